The van der Waals surface area contributed by atoms with Gasteiger partial charge in [-0.15, -0.1) is 0 Å². The Kier molecular flexibility index (Phi) is 6.51. The van der Waals surface area contributed by atoms with E-state index in [4.69, 9.17) is 10.8 Å². The topological polar surface area (TPSA) is 49.5 Å². The van der Waals surface area contributed by atoms with Gasteiger partial charge in [0.2, 0.25) is 0 Å². The Morgan fingerprint density at radius 3 is 2.45 bits per heavy atom. The maximum Gasteiger partial charge on any atom is 0.0524 e. The van der Waals surface area contributed by atoms with Crippen molar-refractivity contribution in [1.29, 1.82) is 0 Å². The molecule has 68 valence electrons. The number of nitrogens with zero attached hydrogens (tertiary/aromatic N) is 1. The molecule has 11 heavy (non-hydrogen) atoms. The zero-order valence-electron chi connectivity index (χ0n) is 7.58. The molecule has 3 nitrogen and oxygen atoms in total. The Balaban J connectivity index is 3.35. The molecule has 0 rings (SSSR count). The Morgan fingerprint density at radius 1 is 1.45 bits per heavy atom. The molecule has 0 aliphatic carbocycles. The molecule has 1 unspecified atom stereocenters. The monoisotopic (exact) mass is 160 g/mol. The highest BCUT2D eigenvalue weighted by atomic mass is 16.3. The van der Waals surface area contributed by atoms with Crippen LogP contribution in [0.5, 0.6) is 0 Å². The van der Waals surface area contributed by atoms with Gasteiger partial charge in [0, 0.05) is 19.6 Å². The summed E-state index contributed by atoms with van der Waals surface area (Å²) in [5.74, 6) is 0. The molecular weight excluding hydrogens is 140 g/mol. The van der Waals surface area contributed by atoms with Crippen LogP contribution in [0.3, 0.4) is 0 Å². The van der Waals surface area contributed by atoms with Gasteiger partial charge in [-0.05, 0) is 19.9 Å². The molecule has 0 aromatic rings. The van der Waals surface area contributed by atoms with Crippen LogP contribution in [-0.2, 0) is 0 Å². The molecule has 1 atom stereocenters. The molecule has 3 N–H and O–H groups in total. The summed E-state index contributed by atoms with van der Waals surface area (Å²) in [5.41, 5.74) is 5.41. The van der Waals surface area contributed by atoms with Crippen molar-refractivity contribution < 1.29 is 5.11 Å². The highest BCUT2D eigenvalue weighted by Crippen LogP contribution is 1.94. The second-order valence-electron chi connectivity index (χ2n) is 2.86. The van der Waals surface area contributed by atoms with Crippen LogP contribution < -0.4 is 5.73 Å². The van der Waals surface area contributed by atoms with Crippen molar-refractivity contribution in [3.63, 3.8) is 0 Å². The molecule has 0 aliphatic heterocycles. The zero-order chi connectivity index (χ0) is 8.69. The van der Waals surface area contributed by atoms with Crippen LogP contribution in [0.15, 0.2) is 0 Å². The number of rotatable bonds is 6. The molecule has 0 aromatic carbocycles. The first-order chi connectivity index (χ1) is 5.20. The smallest absolute Gasteiger partial charge is 0.0524 e. The van der Waals surface area contributed by atoms with Crippen LogP contribution in [0.25, 0.3) is 0 Å². The number of nitrogens with two attached hydrogens (primary N) is 1. The van der Waals surface area contributed by atoms with Gasteiger partial charge in [-0.3, -0.25) is 0 Å². The average Bonchev–Trinajstić information content (AvgIpc) is 1.97. The van der Waals surface area contributed by atoms with Crippen LogP contribution in [-0.4, -0.2) is 42.3 Å². The Hall–Kier alpha value is -0.120. The van der Waals surface area contributed by atoms with Gasteiger partial charge in [0.15, 0.2) is 0 Å². The van der Waals surface area contributed by atoms with E-state index in [1.165, 1.54) is 0 Å². The maximum absolute atomic E-state index is 9.01. The van der Waals surface area contributed by atoms with Crippen LogP contribution >= 0.6 is 0 Å². The van der Waals surface area contributed by atoms with E-state index in [1.54, 1.807) is 0 Å². The van der Waals surface area contributed by atoms with Crippen LogP contribution in [0.2, 0.25) is 0 Å². The van der Waals surface area contributed by atoms with Gasteiger partial charge in [-0.1, -0.05) is 6.92 Å². The summed E-state index contributed by atoms with van der Waals surface area (Å²) in [6, 6.07) is 0. The lowest BCUT2D eigenvalue weighted by Gasteiger charge is -2.19. The first-order valence-corrected chi connectivity index (χ1v) is 4.31. The molecule has 0 aliphatic rings. The van der Waals surface area contributed by atoms with E-state index in [0.29, 0.717) is 6.54 Å². The van der Waals surface area contributed by atoms with E-state index < -0.39 is 0 Å². The van der Waals surface area contributed by atoms with Crippen molar-refractivity contribution in [1.82, 2.24) is 4.90 Å². The zero-order valence-corrected chi connectivity index (χ0v) is 7.58. The van der Waals surface area contributed by atoms with E-state index in [-0.39, 0.29) is 6.10 Å². The highest BCUT2D eigenvalue weighted by molar-refractivity contribution is 4.57. The highest BCUT2D eigenvalue weighted by Gasteiger charge is 2.02. The minimum Gasteiger partial charge on any atom is -0.393 e. The van der Waals surface area contributed by atoms with Crippen molar-refractivity contribution >= 4 is 0 Å². The molecule has 0 spiro atoms. The first-order valence-electron chi connectivity index (χ1n) is 4.31. The standard InChI is InChI=1S/C8H20N2O/c1-3-10(7-5-9)6-4-8(2)11/h8,11H,3-7,9H2,1-2H3. The predicted octanol–water partition coefficient (Wildman–Crippen LogP) is 0.0379. The largest absolute Gasteiger partial charge is 0.393 e. The fraction of sp³-hybridized carbons (Fsp3) is 1.00. The third-order valence-corrected chi connectivity index (χ3v) is 1.76. The second-order valence-corrected chi connectivity index (χ2v) is 2.86. The molecule has 0 saturated carbocycles. The molecule has 0 aromatic heterocycles. The fourth-order valence-corrected chi connectivity index (χ4v) is 0.980. The maximum atomic E-state index is 9.01. The quantitative estimate of drug-likeness (QED) is 0.576. The first kappa shape index (κ1) is 10.9. The normalized spacial score (nSPS) is 13.9. The summed E-state index contributed by atoms with van der Waals surface area (Å²) in [6.07, 6.45) is 0.648. The van der Waals surface area contributed by atoms with Gasteiger partial charge in [-0.2, -0.15) is 0 Å². The number of aliphatic hydroxyl groups excluding tert-OH is 1. The van der Waals surface area contributed by atoms with Crippen molar-refractivity contribution in [2.24, 2.45) is 5.73 Å². The Labute approximate surface area is 69.2 Å². The fourth-order valence-electron chi connectivity index (χ4n) is 0.980. The predicted molar refractivity (Wildman–Crippen MR) is 47.5 cm³/mol. The Morgan fingerprint density at radius 2 is 2.09 bits per heavy atom. The number of likely N-dealkylation sites (N-methyl/N-ethyl adjacent to an activating group) is 1. The van der Waals surface area contributed by atoms with Gasteiger partial charge in [0.1, 0.15) is 0 Å². The van der Waals surface area contributed by atoms with Crippen molar-refractivity contribution in [3.8, 4) is 0 Å². The number of aliphatic hydroxyl groups is 1. The minimum absolute atomic E-state index is 0.193. The van der Waals surface area contributed by atoms with Crippen LogP contribution in [0, 0.1) is 0 Å². The van der Waals surface area contributed by atoms with Gasteiger partial charge >= 0.3 is 0 Å². The average molecular weight is 160 g/mol. The molecule has 0 fully saturated rings. The summed E-state index contributed by atoms with van der Waals surface area (Å²) in [5, 5.41) is 9.01. The minimum atomic E-state index is -0.193. The lowest BCUT2D eigenvalue weighted by molar-refractivity contribution is 0.159. The van der Waals surface area contributed by atoms with Gasteiger partial charge in [0.25, 0.3) is 0 Å². The summed E-state index contributed by atoms with van der Waals surface area (Å²) >= 11 is 0. The lowest BCUT2D eigenvalue weighted by atomic mass is 10.2. The third kappa shape index (κ3) is 6.28. The lowest BCUT2D eigenvalue weighted by Crippen LogP contribution is -2.31. The van der Waals surface area contributed by atoms with Gasteiger partial charge < -0.3 is 15.7 Å². The van der Waals surface area contributed by atoms with Crippen molar-refractivity contribution in [3.05, 3.63) is 0 Å². The van der Waals surface area contributed by atoms with E-state index >= 15 is 0 Å². The molecule has 0 radical (unpaired) electrons. The molecule has 0 bridgehead atoms. The van der Waals surface area contributed by atoms with E-state index in [1.807, 2.05) is 6.92 Å². The molecule has 0 saturated heterocycles. The van der Waals surface area contributed by atoms with Crippen molar-refractivity contribution in [2.45, 2.75) is 26.4 Å². The van der Waals surface area contributed by atoms with E-state index in [0.717, 1.165) is 26.1 Å². The van der Waals surface area contributed by atoms with E-state index in [9.17, 15) is 0 Å². The molecule has 0 amide bonds. The number of hydrogen-bond donors (Lipinski definition) is 2. The summed E-state index contributed by atoms with van der Waals surface area (Å²) in [6.45, 7) is 7.53. The van der Waals surface area contributed by atoms with Gasteiger partial charge in [-0.25, -0.2) is 0 Å². The van der Waals surface area contributed by atoms with Crippen molar-refractivity contribution in [2.75, 3.05) is 26.2 Å². The van der Waals surface area contributed by atoms with E-state index in [2.05, 4.69) is 11.8 Å². The molecule has 0 heterocycles. The summed E-state index contributed by atoms with van der Waals surface area (Å²) < 4.78 is 0. The number of hydrogen-bond acceptors (Lipinski definition) is 3. The van der Waals surface area contributed by atoms with Crippen LogP contribution in [0.4, 0.5) is 0 Å². The third-order valence-electron chi connectivity index (χ3n) is 1.76. The summed E-state index contributed by atoms with van der Waals surface area (Å²) in [4.78, 5) is 2.24. The molecular formula is C8H20N2O. The van der Waals surface area contributed by atoms with Gasteiger partial charge in [0.05, 0.1) is 6.10 Å². The SMILES string of the molecule is CCN(CCN)CCC(C)O. The van der Waals surface area contributed by atoms with Crippen LogP contribution in [0.1, 0.15) is 20.3 Å². The second kappa shape index (κ2) is 6.58. The molecule has 3 heteroatoms. The Bertz CT molecular complexity index is 86.2. The summed E-state index contributed by atoms with van der Waals surface area (Å²) in [7, 11) is 0.